The van der Waals surface area contributed by atoms with Crippen LogP contribution in [0.4, 0.5) is 0 Å². The van der Waals surface area contributed by atoms with Crippen molar-refractivity contribution in [1.29, 1.82) is 0 Å². The van der Waals surface area contributed by atoms with Gasteiger partial charge in [0.05, 0.1) is 33.8 Å². The van der Waals surface area contributed by atoms with E-state index in [1.165, 1.54) is 13.2 Å². The molecule has 3 aromatic rings. The van der Waals surface area contributed by atoms with E-state index in [2.05, 4.69) is 15.9 Å². The Balaban J connectivity index is 1.67. The third kappa shape index (κ3) is 5.02. The first kappa shape index (κ1) is 23.6. The van der Waals surface area contributed by atoms with Gasteiger partial charge >= 0.3 is 0 Å². The summed E-state index contributed by atoms with van der Waals surface area (Å²) in [5, 5.41) is 0.660. The monoisotopic (exact) mass is 555 g/mol. The summed E-state index contributed by atoms with van der Waals surface area (Å²) in [5.74, 6) is 0.130. The summed E-state index contributed by atoms with van der Waals surface area (Å²) in [6.07, 6.45) is 1.30. The minimum Gasteiger partial charge on any atom is -0.496 e. The van der Waals surface area contributed by atoms with Crippen molar-refractivity contribution < 1.29 is 27.1 Å². The maximum atomic E-state index is 12.7. The SMILES string of the molecule is COc1cc(-c2cc(=O)c3cccc(Cl)c3o2)c(O[C@H]2C[C@H](C(=O)NS(C)(=O)=O)C2)cc1Br. The first-order valence-corrected chi connectivity index (χ1v) is 12.9. The highest BCUT2D eigenvalue weighted by atomic mass is 79.9. The molecule has 0 radical (unpaired) electrons. The van der Waals surface area contributed by atoms with Crippen LogP contribution in [0.2, 0.25) is 5.02 Å². The number of sulfonamides is 1. The fourth-order valence-corrected chi connectivity index (χ4v) is 4.81. The van der Waals surface area contributed by atoms with Gasteiger partial charge in [-0.25, -0.2) is 8.42 Å². The number of methoxy groups -OCH3 is 1. The lowest BCUT2D eigenvalue weighted by Crippen LogP contribution is -2.45. The minimum absolute atomic E-state index is 0.243. The number of carbonyl (C=O) groups is 1. The Morgan fingerprint density at radius 1 is 1.21 bits per heavy atom. The van der Waals surface area contributed by atoms with Crippen LogP contribution in [0.3, 0.4) is 0 Å². The quantitative estimate of drug-likeness (QED) is 0.486. The highest BCUT2D eigenvalue weighted by molar-refractivity contribution is 9.10. The number of hydrogen-bond acceptors (Lipinski definition) is 7. The summed E-state index contributed by atoms with van der Waals surface area (Å²) < 4.78 is 42.6. The fourth-order valence-electron chi connectivity index (χ4n) is 3.58. The van der Waals surface area contributed by atoms with Crippen LogP contribution in [-0.4, -0.2) is 33.8 Å². The largest absolute Gasteiger partial charge is 0.496 e. The van der Waals surface area contributed by atoms with E-state index in [9.17, 15) is 18.0 Å². The molecular formula is C22H19BrClNO7S. The van der Waals surface area contributed by atoms with Crippen LogP contribution in [0.15, 0.2) is 50.1 Å². The third-order valence-electron chi connectivity index (χ3n) is 5.27. The number of benzene rings is 2. The van der Waals surface area contributed by atoms with Crippen LogP contribution in [-0.2, 0) is 14.8 Å². The number of amides is 1. The Morgan fingerprint density at radius 3 is 2.61 bits per heavy atom. The third-order valence-corrected chi connectivity index (χ3v) is 6.76. The molecule has 0 unspecified atom stereocenters. The zero-order valence-corrected chi connectivity index (χ0v) is 20.7. The van der Waals surface area contributed by atoms with Gasteiger partial charge in [0, 0.05) is 12.0 Å². The smallest absolute Gasteiger partial charge is 0.236 e. The molecule has 1 aliphatic rings. The van der Waals surface area contributed by atoms with Crippen molar-refractivity contribution in [2.45, 2.75) is 18.9 Å². The molecule has 0 aliphatic heterocycles. The normalized spacial score (nSPS) is 17.9. The Labute approximate surface area is 203 Å². The van der Waals surface area contributed by atoms with Gasteiger partial charge in [-0.2, -0.15) is 0 Å². The standard InChI is InChI=1S/C22H19BrClNO7S/c1-30-20-8-14(19-10-17(26)13-4-3-5-16(24)21(13)32-19)18(9-15(20)23)31-12-6-11(7-12)22(27)25-33(2,28)29/h3-5,8-12H,6-7H2,1-2H3,(H,25,27)/t11-,12-. The number of halogens is 2. The lowest BCUT2D eigenvalue weighted by atomic mass is 9.82. The van der Waals surface area contributed by atoms with E-state index in [0.717, 1.165) is 6.26 Å². The molecule has 8 nitrogen and oxygen atoms in total. The van der Waals surface area contributed by atoms with Crippen molar-refractivity contribution in [3.63, 3.8) is 0 Å². The molecule has 1 N–H and O–H groups in total. The Bertz CT molecular complexity index is 1410. The van der Waals surface area contributed by atoms with Crippen molar-refractivity contribution in [3.05, 3.63) is 56.1 Å². The molecule has 4 rings (SSSR count). The predicted octanol–water partition coefficient (Wildman–Crippen LogP) is 4.12. The van der Waals surface area contributed by atoms with E-state index in [-0.39, 0.29) is 22.9 Å². The van der Waals surface area contributed by atoms with Crippen LogP contribution < -0.4 is 19.6 Å². The Hall–Kier alpha value is -2.56. The molecular weight excluding hydrogens is 538 g/mol. The molecule has 0 atom stereocenters. The highest BCUT2D eigenvalue weighted by Crippen LogP contribution is 2.42. The van der Waals surface area contributed by atoms with Crippen molar-refractivity contribution in [2.75, 3.05) is 13.4 Å². The molecule has 2 aromatic carbocycles. The van der Waals surface area contributed by atoms with Gasteiger partial charge in [0.25, 0.3) is 0 Å². The van der Waals surface area contributed by atoms with Gasteiger partial charge in [-0.3, -0.25) is 14.3 Å². The molecule has 33 heavy (non-hydrogen) atoms. The molecule has 0 bridgehead atoms. The van der Waals surface area contributed by atoms with E-state index in [4.69, 9.17) is 25.5 Å². The molecule has 0 saturated heterocycles. The molecule has 11 heteroatoms. The molecule has 1 aromatic heterocycles. The van der Waals surface area contributed by atoms with E-state index >= 15 is 0 Å². The number of hydrogen-bond donors (Lipinski definition) is 1. The molecule has 0 spiro atoms. The number of carbonyl (C=O) groups excluding carboxylic acids is 1. The van der Waals surface area contributed by atoms with Gasteiger partial charge in [-0.1, -0.05) is 17.7 Å². The predicted molar refractivity (Wildman–Crippen MR) is 127 cm³/mol. The van der Waals surface area contributed by atoms with Gasteiger partial charge in [0.1, 0.15) is 23.4 Å². The van der Waals surface area contributed by atoms with E-state index < -0.39 is 21.8 Å². The summed E-state index contributed by atoms with van der Waals surface area (Å²) in [6.45, 7) is 0. The first-order chi connectivity index (χ1) is 15.6. The molecule has 174 valence electrons. The van der Waals surface area contributed by atoms with Crippen molar-refractivity contribution >= 4 is 54.4 Å². The van der Waals surface area contributed by atoms with E-state index in [1.807, 2.05) is 4.72 Å². The van der Waals surface area contributed by atoms with Crippen LogP contribution in [0, 0.1) is 5.92 Å². The molecule has 1 heterocycles. The zero-order chi connectivity index (χ0) is 23.9. The first-order valence-electron chi connectivity index (χ1n) is 9.84. The Kier molecular flexibility index (Phi) is 6.43. The summed E-state index contributed by atoms with van der Waals surface area (Å²) in [6, 6.07) is 9.66. The summed E-state index contributed by atoms with van der Waals surface area (Å²) in [4.78, 5) is 24.7. The second kappa shape index (κ2) is 9.00. The van der Waals surface area contributed by atoms with Gasteiger partial charge < -0.3 is 13.9 Å². The lowest BCUT2D eigenvalue weighted by molar-refractivity contribution is -0.128. The van der Waals surface area contributed by atoms with Crippen LogP contribution >= 0.6 is 27.5 Å². The number of nitrogens with one attached hydrogen (secondary N) is 1. The van der Waals surface area contributed by atoms with Crippen molar-refractivity contribution in [1.82, 2.24) is 4.72 Å². The number of fused-ring (bicyclic) bond motifs is 1. The van der Waals surface area contributed by atoms with Crippen molar-refractivity contribution in [3.8, 4) is 22.8 Å². The van der Waals surface area contributed by atoms with Crippen LogP contribution in [0.5, 0.6) is 11.5 Å². The molecule has 1 amide bonds. The lowest BCUT2D eigenvalue weighted by Gasteiger charge is -2.34. The number of ether oxygens (including phenoxy) is 2. The second-order valence-corrected chi connectivity index (χ2v) is 10.7. The molecule has 1 saturated carbocycles. The van der Waals surface area contributed by atoms with Gasteiger partial charge in [0.2, 0.25) is 15.9 Å². The van der Waals surface area contributed by atoms with Gasteiger partial charge in [-0.15, -0.1) is 0 Å². The van der Waals surface area contributed by atoms with Crippen LogP contribution in [0.25, 0.3) is 22.3 Å². The molecule has 1 fully saturated rings. The topological polar surface area (TPSA) is 112 Å². The average Bonchev–Trinajstić information content (AvgIpc) is 2.69. The fraction of sp³-hybridized carbons (Fsp3) is 0.273. The van der Waals surface area contributed by atoms with Crippen molar-refractivity contribution in [2.24, 2.45) is 5.92 Å². The Morgan fingerprint density at radius 2 is 1.94 bits per heavy atom. The zero-order valence-electron chi connectivity index (χ0n) is 17.6. The molecule has 1 aliphatic carbocycles. The van der Waals surface area contributed by atoms with E-state index in [0.29, 0.717) is 44.8 Å². The summed E-state index contributed by atoms with van der Waals surface area (Å²) >= 11 is 9.67. The summed E-state index contributed by atoms with van der Waals surface area (Å²) in [5.41, 5.74) is 0.469. The highest BCUT2D eigenvalue weighted by Gasteiger charge is 2.37. The summed E-state index contributed by atoms with van der Waals surface area (Å²) in [7, 11) is -2.11. The number of rotatable bonds is 6. The van der Waals surface area contributed by atoms with E-state index in [1.54, 1.807) is 30.3 Å². The van der Waals surface area contributed by atoms with Crippen LogP contribution in [0.1, 0.15) is 12.8 Å². The van der Waals surface area contributed by atoms with Gasteiger partial charge in [-0.05, 0) is 53.0 Å². The second-order valence-electron chi connectivity index (χ2n) is 7.72. The maximum absolute atomic E-state index is 12.7. The maximum Gasteiger partial charge on any atom is 0.236 e. The average molecular weight is 557 g/mol. The number of para-hydroxylation sites is 1. The minimum atomic E-state index is -3.62. The van der Waals surface area contributed by atoms with Gasteiger partial charge in [0.15, 0.2) is 11.0 Å².